The van der Waals surface area contributed by atoms with Crippen molar-refractivity contribution in [3.63, 3.8) is 0 Å². The number of rotatable bonds is 4. The Morgan fingerprint density at radius 3 is 2.86 bits per heavy atom. The average molecular weight is 329 g/mol. The van der Waals surface area contributed by atoms with Crippen LogP contribution in [0.1, 0.15) is 12.8 Å². The first kappa shape index (κ1) is 16.0. The minimum absolute atomic E-state index is 0.105. The molecule has 5 nitrogen and oxygen atoms in total. The maximum absolute atomic E-state index is 12.2. The van der Waals surface area contributed by atoms with Gasteiger partial charge in [0.05, 0.1) is 16.7 Å². The number of hydrogen-bond acceptors (Lipinski definition) is 3. The Morgan fingerprint density at radius 2 is 2.19 bits per heavy atom. The first-order valence-corrected chi connectivity index (χ1v) is 8.38. The molecule has 1 aliphatic heterocycles. The van der Waals surface area contributed by atoms with E-state index in [-0.39, 0.29) is 23.5 Å². The number of benzene rings is 1. The summed E-state index contributed by atoms with van der Waals surface area (Å²) in [7, 11) is -1.44. The highest BCUT2D eigenvalue weighted by Gasteiger charge is 2.27. The van der Waals surface area contributed by atoms with Crippen LogP contribution in [0.3, 0.4) is 0 Å². The number of primary amides is 1. The van der Waals surface area contributed by atoms with Crippen LogP contribution in [0, 0.1) is 5.92 Å². The van der Waals surface area contributed by atoms with Crippen molar-refractivity contribution in [2.75, 3.05) is 18.8 Å². The Bertz CT molecular complexity index is 579. The van der Waals surface area contributed by atoms with Crippen molar-refractivity contribution >= 4 is 34.2 Å². The minimum atomic E-state index is -1.44. The summed E-state index contributed by atoms with van der Waals surface area (Å²) in [4.78, 5) is 25.5. The number of nitrogens with zero attached hydrogens (tertiary/aromatic N) is 1. The Morgan fingerprint density at radius 1 is 1.43 bits per heavy atom. The molecule has 2 N–H and O–H groups in total. The summed E-state index contributed by atoms with van der Waals surface area (Å²) >= 11 is 5.85. The SMILES string of the molecule is NC(=O)[C@@H]1CCCN(C(=O)C[S@](=O)c2cccc(Cl)c2)C1. The van der Waals surface area contributed by atoms with E-state index >= 15 is 0 Å². The Balaban J connectivity index is 1.97. The molecule has 2 atom stereocenters. The molecule has 7 heteroatoms. The zero-order chi connectivity index (χ0) is 15.4. The highest BCUT2D eigenvalue weighted by Crippen LogP contribution is 2.18. The fraction of sp³-hybridized carbons (Fsp3) is 0.429. The number of amides is 2. The van der Waals surface area contributed by atoms with E-state index in [1.165, 1.54) is 0 Å². The van der Waals surface area contributed by atoms with Gasteiger partial charge in [-0.25, -0.2) is 0 Å². The third-order valence-corrected chi connectivity index (χ3v) is 5.01. The normalized spacial score (nSPS) is 20.0. The monoisotopic (exact) mass is 328 g/mol. The van der Waals surface area contributed by atoms with Crippen LogP contribution in [0.25, 0.3) is 0 Å². The fourth-order valence-electron chi connectivity index (χ4n) is 2.33. The third-order valence-electron chi connectivity index (χ3n) is 3.49. The van der Waals surface area contributed by atoms with Crippen LogP contribution < -0.4 is 5.73 Å². The quantitative estimate of drug-likeness (QED) is 0.901. The van der Waals surface area contributed by atoms with E-state index in [2.05, 4.69) is 0 Å². The second kappa shape index (κ2) is 7.04. The Hall–Kier alpha value is -1.40. The summed E-state index contributed by atoms with van der Waals surface area (Å²) in [5, 5.41) is 0.486. The Labute approximate surface area is 130 Å². The molecular formula is C14H17ClN2O3S. The zero-order valence-electron chi connectivity index (χ0n) is 11.5. The van der Waals surface area contributed by atoms with Crippen molar-refractivity contribution in [2.24, 2.45) is 11.7 Å². The van der Waals surface area contributed by atoms with Gasteiger partial charge in [0.15, 0.2) is 0 Å². The van der Waals surface area contributed by atoms with E-state index in [0.717, 1.165) is 6.42 Å². The molecule has 21 heavy (non-hydrogen) atoms. The van der Waals surface area contributed by atoms with Gasteiger partial charge in [0.25, 0.3) is 0 Å². The molecular weight excluding hydrogens is 312 g/mol. The standard InChI is InChI=1S/C14H17ClN2O3S/c15-11-4-1-5-12(7-11)21(20)9-13(18)17-6-2-3-10(8-17)14(16)19/h1,4-5,7,10H,2-3,6,8-9H2,(H2,16,19)/t10-,21+/m1/s1. The van der Waals surface area contributed by atoms with Crippen LogP contribution >= 0.6 is 11.6 Å². The fourth-order valence-corrected chi connectivity index (χ4v) is 3.65. The molecule has 2 amide bonds. The number of likely N-dealkylation sites (tertiary alicyclic amines) is 1. The maximum Gasteiger partial charge on any atom is 0.235 e. The van der Waals surface area contributed by atoms with Crippen molar-refractivity contribution in [3.8, 4) is 0 Å². The number of carbonyl (C=O) groups is 2. The first-order chi connectivity index (χ1) is 9.97. The largest absolute Gasteiger partial charge is 0.369 e. The van der Waals surface area contributed by atoms with Crippen LogP contribution in [0.4, 0.5) is 0 Å². The number of piperidine rings is 1. The summed E-state index contributed by atoms with van der Waals surface area (Å²) in [6, 6.07) is 6.65. The van der Waals surface area contributed by atoms with Crippen LogP contribution in [0.2, 0.25) is 5.02 Å². The molecule has 0 spiro atoms. The van der Waals surface area contributed by atoms with Crippen LogP contribution in [-0.2, 0) is 20.4 Å². The van der Waals surface area contributed by atoms with Gasteiger partial charge < -0.3 is 10.6 Å². The number of nitrogens with two attached hydrogens (primary N) is 1. The molecule has 0 unspecified atom stereocenters. The van der Waals surface area contributed by atoms with Crippen molar-refractivity contribution in [2.45, 2.75) is 17.7 Å². The van der Waals surface area contributed by atoms with Gasteiger partial charge >= 0.3 is 0 Å². The predicted molar refractivity (Wildman–Crippen MR) is 81.2 cm³/mol. The van der Waals surface area contributed by atoms with E-state index in [1.807, 2.05) is 0 Å². The van der Waals surface area contributed by atoms with E-state index in [9.17, 15) is 13.8 Å². The van der Waals surface area contributed by atoms with Crippen molar-refractivity contribution in [1.29, 1.82) is 0 Å². The lowest BCUT2D eigenvalue weighted by molar-refractivity contribution is -0.132. The lowest BCUT2D eigenvalue weighted by Crippen LogP contribution is -2.45. The molecule has 1 fully saturated rings. The summed E-state index contributed by atoms with van der Waals surface area (Å²) in [5.74, 6) is -1.02. The molecule has 2 rings (SSSR count). The van der Waals surface area contributed by atoms with Gasteiger partial charge in [-0.2, -0.15) is 0 Å². The van der Waals surface area contributed by atoms with Gasteiger partial charge in [-0.05, 0) is 31.0 Å². The van der Waals surface area contributed by atoms with Gasteiger partial charge in [-0.1, -0.05) is 17.7 Å². The van der Waals surface area contributed by atoms with E-state index in [4.69, 9.17) is 17.3 Å². The number of hydrogen-bond donors (Lipinski definition) is 1. The summed E-state index contributed by atoms with van der Waals surface area (Å²) in [5.41, 5.74) is 5.29. The highest BCUT2D eigenvalue weighted by molar-refractivity contribution is 7.85. The van der Waals surface area contributed by atoms with E-state index < -0.39 is 10.8 Å². The molecule has 0 radical (unpaired) electrons. The van der Waals surface area contributed by atoms with Crippen LogP contribution in [-0.4, -0.2) is 39.8 Å². The first-order valence-electron chi connectivity index (χ1n) is 6.68. The smallest absolute Gasteiger partial charge is 0.235 e. The second-order valence-electron chi connectivity index (χ2n) is 5.03. The maximum atomic E-state index is 12.2. The molecule has 0 bridgehead atoms. The molecule has 1 heterocycles. The second-order valence-corrected chi connectivity index (χ2v) is 6.92. The molecule has 114 valence electrons. The van der Waals surface area contributed by atoms with Crippen molar-refractivity contribution in [3.05, 3.63) is 29.3 Å². The molecule has 1 aromatic carbocycles. The van der Waals surface area contributed by atoms with Gasteiger partial charge in [-0.15, -0.1) is 0 Å². The molecule has 1 aliphatic rings. The van der Waals surface area contributed by atoms with Gasteiger partial charge in [0, 0.05) is 23.0 Å². The van der Waals surface area contributed by atoms with Crippen molar-refractivity contribution < 1.29 is 13.8 Å². The van der Waals surface area contributed by atoms with Gasteiger partial charge in [0.2, 0.25) is 11.8 Å². The highest BCUT2D eigenvalue weighted by atomic mass is 35.5. The van der Waals surface area contributed by atoms with Gasteiger partial charge in [0.1, 0.15) is 5.75 Å². The minimum Gasteiger partial charge on any atom is -0.369 e. The molecule has 1 aromatic rings. The van der Waals surface area contributed by atoms with Crippen LogP contribution in [0.5, 0.6) is 0 Å². The predicted octanol–water partition coefficient (Wildman–Crippen LogP) is 1.17. The number of halogens is 1. The average Bonchev–Trinajstić information content (AvgIpc) is 2.47. The zero-order valence-corrected chi connectivity index (χ0v) is 13.0. The van der Waals surface area contributed by atoms with Crippen LogP contribution in [0.15, 0.2) is 29.2 Å². The summed E-state index contributed by atoms with van der Waals surface area (Å²) in [6.45, 7) is 0.899. The van der Waals surface area contributed by atoms with E-state index in [0.29, 0.717) is 29.4 Å². The van der Waals surface area contributed by atoms with Gasteiger partial charge in [-0.3, -0.25) is 13.8 Å². The van der Waals surface area contributed by atoms with E-state index in [1.54, 1.807) is 29.2 Å². The lowest BCUT2D eigenvalue weighted by Gasteiger charge is -2.31. The molecule has 0 saturated carbocycles. The third kappa shape index (κ3) is 4.28. The molecule has 1 saturated heterocycles. The Kier molecular flexibility index (Phi) is 5.36. The molecule has 0 aromatic heterocycles. The molecule has 0 aliphatic carbocycles. The topological polar surface area (TPSA) is 80.5 Å². The lowest BCUT2D eigenvalue weighted by atomic mass is 9.97. The van der Waals surface area contributed by atoms with Crippen molar-refractivity contribution in [1.82, 2.24) is 4.90 Å². The summed E-state index contributed by atoms with van der Waals surface area (Å²) in [6.07, 6.45) is 1.44. The summed E-state index contributed by atoms with van der Waals surface area (Å²) < 4.78 is 12.2. The number of carbonyl (C=O) groups excluding carboxylic acids is 2.